The number of rotatable bonds is 4. The van der Waals surface area contributed by atoms with Crippen molar-refractivity contribution in [2.75, 3.05) is 5.32 Å². The fraction of sp³-hybridized carbons (Fsp3) is 0.182. The fourth-order valence-electron chi connectivity index (χ4n) is 3.50. The lowest BCUT2D eigenvalue weighted by molar-refractivity contribution is 0.0933. The monoisotopic (exact) mass is 393 g/mol. The summed E-state index contributed by atoms with van der Waals surface area (Å²) in [7, 11) is 0. The number of benzene rings is 2. The number of phenolic OH excluding ortho intramolecular Hbond substituents is 1. The average molecular weight is 394 g/mol. The predicted octanol–water partition coefficient (Wildman–Crippen LogP) is 4.39. The summed E-state index contributed by atoms with van der Waals surface area (Å²) >= 11 is 6.20. The second-order valence-corrected chi connectivity index (χ2v) is 7.44. The van der Waals surface area contributed by atoms with E-state index in [9.17, 15) is 9.90 Å². The number of fused-ring (bicyclic) bond motifs is 1. The molecule has 28 heavy (non-hydrogen) atoms. The van der Waals surface area contributed by atoms with E-state index in [1.54, 1.807) is 18.2 Å². The van der Waals surface area contributed by atoms with Crippen molar-refractivity contribution in [3.63, 3.8) is 0 Å². The van der Waals surface area contributed by atoms with Crippen molar-refractivity contribution in [2.45, 2.75) is 25.8 Å². The summed E-state index contributed by atoms with van der Waals surface area (Å²) < 4.78 is 0. The molecule has 1 heterocycles. The topological polar surface area (TPSA) is 74.2 Å². The third-order valence-electron chi connectivity index (χ3n) is 4.91. The van der Waals surface area contributed by atoms with E-state index in [0.717, 1.165) is 18.4 Å². The minimum Gasteiger partial charge on any atom is -0.505 e. The number of nitrogens with one attached hydrogen (secondary N) is 2. The first-order chi connectivity index (χ1) is 13.5. The molecule has 1 aromatic heterocycles. The van der Waals surface area contributed by atoms with Gasteiger partial charge in [0.05, 0.1) is 5.69 Å². The highest BCUT2D eigenvalue weighted by atomic mass is 35.5. The van der Waals surface area contributed by atoms with Crippen LogP contribution in [0.4, 0.5) is 11.5 Å². The molecule has 3 N–H and O–H groups in total. The molecular weight excluding hydrogens is 374 g/mol. The molecule has 4 rings (SSSR count). The van der Waals surface area contributed by atoms with Gasteiger partial charge in [-0.3, -0.25) is 4.79 Å². The zero-order chi connectivity index (χ0) is 19.7. The van der Waals surface area contributed by atoms with Crippen LogP contribution in [0.2, 0.25) is 5.02 Å². The summed E-state index contributed by atoms with van der Waals surface area (Å²) in [5, 5.41) is 16.6. The van der Waals surface area contributed by atoms with Crippen LogP contribution in [0.25, 0.3) is 0 Å². The SMILES string of the molecule is Cc1cccc(Nc2cc(Cl)cc(C(=O)NC3Cc4ccccc4C3)n2)c1O. The van der Waals surface area contributed by atoms with Gasteiger partial charge in [0.2, 0.25) is 0 Å². The summed E-state index contributed by atoms with van der Waals surface area (Å²) in [4.78, 5) is 17.1. The minimum absolute atomic E-state index is 0.0444. The summed E-state index contributed by atoms with van der Waals surface area (Å²) in [6.07, 6.45) is 1.62. The lowest BCUT2D eigenvalue weighted by atomic mass is 10.1. The molecule has 1 amide bonds. The van der Waals surface area contributed by atoms with Crippen molar-refractivity contribution < 1.29 is 9.90 Å². The van der Waals surface area contributed by atoms with Crippen LogP contribution < -0.4 is 10.6 Å². The van der Waals surface area contributed by atoms with Crippen LogP contribution in [0.1, 0.15) is 27.2 Å². The van der Waals surface area contributed by atoms with Crippen molar-refractivity contribution in [3.05, 3.63) is 82.0 Å². The van der Waals surface area contributed by atoms with Gasteiger partial charge in [-0.1, -0.05) is 48.0 Å². The Balaban J connectivity index is 1.51. The maximum atomic E-state index is 12.7. The van der Waals surface area contributed by atoms with Gasteiger partial charge < -0.3 is 15.7 Å². The number of carbonyl (C=O) groups excluding carboxylic acids is 1. The Bertz CT molecular complexity index is 1030. The van der Waals surface area contributed by atoms with Crippen molar-refractivity contribution in [1.82, 2.24) is 10.3 Å². The number of phenols is 1. The molecule has 0 bridgehead atoms. The molecule has 0 saturated carbocycles. The van der Waals surface area contributed by atoms with E-state index < -0.39 is 0 Å². The quantitative estimate of drug-likeness (QED) is 0.575. The molecule has 1 aliphatic rings. The number of amides is 1. The Morgan fingerprint density at radius 3 is 2.54 bits per heavy atom. The van der Waals surface area contributed by atoms with Crippen LogP contribution in [0.15, 0.2) is 54.6 Å². The Labute approximate surface area is 168 Å². The highest BCUT2D eigenvalue weighted by Crippen LogP contribution is 2.30. The fourth-order valence-corrected chi connectivity index (χ4v) is 3.70. The number of nitrogens with zero attached hydrogens (tertiary/aromatic N) is 1. The lowest BCUT2D eigenvalue weighted by Gasteiger charge is -2.14. The zero-order valence-corrected chi connectivity index (χ0v) is 16.1. The number of carbonyl (C=O) groups is 1. The van der Waals surface area contributed by atoms with Gasteiger partial charge in [0.1, 0.15) is 17.3 Å². The molecule has 0 radical (unpaired) electrons. The van der Waals surface area contributed by atoms with Crippen LogP contribution in [-0.4, -0.2) is 22.0 Å². The van der Waals surface area contributed by atoms with Crippen LogP contribution in [0.3, 0.4) is 0 Å². The first-order valence-corrected chi connectivity index (χ1v) is 9.48. The van der Waals surface area contributed by atoms with Gasteiger partial charge in [0, 0.05) is 11.1 Å². The summed E-state index contributed by atoms with van der Waals surface area (Å²) in [5.41, 5.74) is 4.02. The molecule has 3 aromatic rings. The van der Waals surface area contributed by atoms with E-state index in [4.69, 9.17) is 11.6 Å². The van der Waals surface area contributed by atoms with Crippen LogP contribution in [0, 0.1) is 6.92 Å². The second kappa shape index (κ2) is 7.52. The number of hydrogen-bond acceptors (Lipinski definition) is 4. The van der Waals surface area contributed by atoms with Crippen LogP contribution >= 0.6 is 11.6 Å². The zero-order valence-electron chi connectivity index (χ0n) is 15.4. The number of anilines is 2. The molecule has 0 saturated heterocycles. The van der Waals surface area contributed by atoms with Gasteiger partial charge in [-0.05, 0) is 54.7 Å². The van der Waals surface area contributed by atoms with E-state index >= 15 is 0 Å². The van der Waals surface area contributed by atoms with Gasteiger partial charge in [-0.15, -0.1) is 0 Å². The molecule has 6 heteroatoms. The van der Waals surface area contributed by atoms with Gasteiger partial charge in [-0.2, -0.15) is 0 Å². The largest absolute Gasteiger partial charge is 0.505 e. The Morgan fingerprint density at radius 2 is 1.82 bits per heavy atom. The Hall–Kier alpha value is -3.05. The maximum absolute atomic E-state index is 12.7. The van der Waals surface area contributed by atoms with Gasteiger partial charge in [-0.25, -0.2) is 4.98 Å². The highest BCUT2D eigenvalue weighted by molar-refractivity contribution is 6.31. The van der Waals surface area contributed by atoms with Crippen molar-refractivity contribution >= 4 is 29.0 Å². The third kappa shape index (κ3) is 3.80. The van der Waals surface area contributed by atoms with Crippen molar-refractivity contribution in [1.29, 1.82) is 0 Å². The number of aryl methyl sites for hydroxylation is 1. The molecule has 2 aromatic carbocycles. The molecule has 142 valence electrons. The molecule has 5 nitrogen and oxygen atoms in total. The number of hydrogen-bond donors (Lipinski definition) is 3. The molecule has 0 spiro atoms. The Morgan fingerprint density at radius 1 is 1.11 bits per heavy atom. The standard InChI is InChI=1S/C22H20ClN3O2/c1-13-5-4-8-18(21(13)27)25-20-12-16(23)11-19(26-20)22(28)24-17-9-14-6-2-3-7-15(14)10-17/h2-8,11-12,17,27H,9-10H2,1H3,(H,24,28)(H,25,26). The summed E-state index contributed by atoms with van der Waals surface area (Å²) in [5.74, 6) is 0.268. The van der Waals surface area contributed by atoms with E-state index in [0.29, 0.717) is 16.5 Å². The Kier molecular flexibility index (Phi) is 4.92. The first kappa shape index (κ1) is 18.3. The van der Waals surface area contributed by atoms with Crippen molar-refractivity contribution in [2.24, 2.45) is 0 Å². The van der Waals surface area contributed by atoms with Gasteiger partial charge >= 0.3 is 0 Å². The molecule has 0 aliphatic heterocycles. The molecule has 0 atom stereocenters. The number of para-hydroxylation sites is 1. The number of aromatic hydroxyl groups is 1. The molecular formula is C22H20ClN3O2. The number of pyridine rings is 1. The summed E-state index contributed by atoms with van der Waals surface area (Å²) in [6, 6.07) is 16.8. The number of aromatic nitrogens is 1. The maximum Gasteiger partial charge on any atom is 0.270 e. The lowest BCUT2D eigenvalue weighted by Crippen LogP contribution is -2.35. The second-order valence-electron chi connectivity index (χ2n) is 7.00. The van der Waals surface area contributed by atoms with Crippen molar-refractivity contribution in [3.8, 4) is 5.75 Å². The normalized spacial score (nSPS) is 13.2. The first-order valence-electron chi connectivity index (χ1n) is 9.10. The molecule has 0 unspecified atom stereocenters. The molecule has 1 aliphatic carbocycles. The average Bonchev–Trinajstić information content (AvgIpc) is 3.07. The number of halogens is 1. The third-order valence-corrected chi connectivity index (χ3v) is 5.13. The summed E-state index contributed by atoms with van der Waals surface area (Å²) in [6.45, 7) is 1.81. The smallest absolute Gasteiger partial charge is 0.270 e. The van der Waals surface area contributed by atoms with E-state index in [2.05, 4.69) is 27.8 Å². The van der Waals surface area contributed by atoms with E-state index in [1.165, 1.54) is 11.1 Å². The van der Waals surface area contributed by atoms with E-state index in [-0.39, 0.29) is 23.4 Å². The van der Waals surface area contributed by atoms with Crippen LogP contribution in [-0.2, 0) is 12.8 Å². The van der Waals surface area contributed by atoms with Crippen LogP contribution in [0.5, 0.6) is 5.75 Å². The molecule has 0 fully saturated rings. The van der Waals surface area contributed by atoms with Gasteiger partial charge in [0.25, 0.3) is 5.91 Å². The predicted molar refractivity (Wildman–Crippen MR) is 110 cm³/mol. The van der Waals surface area contributed by atoms with E-state index in [1.807, 2.05) is 31.2 Å². The highest BCUT2D eigenvalue weighted by Gasteiger charge is 2.23. The van der Waals surface area contributed by atoms with Gasteiger partial charge in [0.15, 0.2) is 0 Å². The minimum atomic E-state index is -0.267.